The minimum atomic E-state index is -0.489. The van der Waals surface area contributed by atoms with Gasteiger partial charge in [-0.2, -0.15) is 5.26 Å². The third-order valence-corrected chi connectivity index (χ3v) is 2.59. The van der Waals surface area contributed by atoms with Crippen molar-refractivity contribution in [3.8, 4) is 11.8 Å². The number of hydrogen-bond donors (Lipinski definition) is 0. The van der Waals surface area contributed by atoms with Crippen LogP contribution >= 0.6 is 15.9 Å². The van der Waals surface area contributed by atoms with Crippen LogP contribution in [0.5, 0.6) is 5.75 Å². The first-order valence-electron chi connectivity index (χ1n) is 4.45. The molecule has 0 spiro atoms. The lowest BCUT2D eigenvalue weighted by Crippen LogP contribution is -2.05. The van der Waals surface area contributed by atoms with Gasteiger partial charge >= 0.3 is 5.97 Å². The zero-order valence-electron chi connectivity index (χ0n) is 8.91. The van der Waals surface area contributed by atoms with E-state index in [1.165, 1.54) is 14.2 Å². The molecular weight excluding hydrogens is 274 g/mol. The van der Waals surface area contributed by atoms with Crippen LogP contribution in [-0.4, -0.2) is 20.2 Å². The van der Waals surface area contributed by atoms with Gasteiger partial charge in [-0.15, -0.1) is 0 Å². The summed E-state index contributed by atoms with van der Waals surface area (Å²) in [5.74, 6) is -0.0779. The molecule has 0 aliphatic rings. The van der Waals surface area contributed by atoms with E-state index >= 15 is 0 Å². The number of ether oxygens (including phenoxy) is 2. The quantitative estimate of drug-likeness (QED) is 0.799. The van der Waals surface area contributed by atoms with Gasteiger partial charge in [0.2, 0.25) is 0 Å². The van der Waals surface area contributed by atoms with Crippen molar-refractivity contribution in [2.75, 3.05) is 14.2 Å². The summed E-state index contributed by atoms with van der Waals surface area (Å²) in [5.41, 5.74) is 1.04. The Hall–Kier alpha value is -1.54. The number of esters is 1. The molecule has 0 saturated carbocycles. The number of benzene rings is 1. The van der Waals surface area contributed by atoms with Crippen LogP contribution in [0.15, 0.2) is 16.6 Å². The number of methoxy groups -OCH3 is 2. The molecule has 0 N–H and O–H groups in total. The van der Waals surface area contributed by atoms with E-state index in [9.17, 15) is 4.79 Å². The monoisotopic (exact) mass is 283 g/mol. The van der Waals surface area contributed by atoms with E-state index < -0.39 is 5.97 Å². The number of hydrogen-bond acceptors (Lipinski definition) is 4. The highest BCUT2D eigenvalue weighted by molar-refractivity contribution is 9.10. The molecule has 4 nitrogen and oxygen atoms in total. The number of halogens is 1. The lowest BCUT2D eigenvalue weighted by Gasteiger charge is -2.10. The minimum absolute atomic E-state index is 0.229. The maximum absolute atomic E-state index is 11.5. The van der Waals surface area contributed by atoms with Crippen molar-refractivity contribution in [3.05, 3.63) is 27.7 Å². The SMILES string of the molecule is COC(=O)c1cc(CC#N)cc(Br)c1OC. The molecule has 0 aromatic heterocycles. The maximum atomic E-state index is 11.5. The van der Waals surface area contributed by atoms with Crippen molar-refractivity contribution in [1.29, 1.82) is 5.26 Å². The minimum Gasteiger partial charge on any atom is -0.495 e. The summed E-state index contributed by atoms with van der Waals surface area (Å²) in [6.45, 7) is 0. The van der Waals surface area contributed by atoms with E-state index in [-0.39, 0.29) is 6.42 Å². The van der Waals surface area contributed by atoms with Crippen LogP contribution in [0.4, 0.5) is 0 Å². The van der Waals surface area contributed by atoms with E-state index in [2.05, 4.69) is 20.7 Å². The van der Waals surface area contributed by atoms with Gasteiger partial charge in [0.1, 0.15) is 11.3 Å². The molecule has 0 unspecified atom stereocenters. The van der Waals surface area contributed by atoms with Crippen molar-refractivity contribution in [2.24, 2.45) is 0 Å². The summed E-state index contributed by atoms with van der Waals surface area (Å²) in [4.78, 5) is 11.5. The molecule has 0 heterocycles. The highest BCUT2D eigenvalue weighted by atomic mass is 79.9. The lowest BCUT2D eigenvalue weighted by atomic mass is 10.1. The highest BCUT2D eigenvalue weighted by Gasteiger charge is 2.16. The van der Waals surface area contributed by atoms with Gasteiger partial charge in [0.15, 0.2) is 0 Å². The van der Waals surface area contributed by atoms with Crippen LogP contribution < -0.4 is 4.74 Å². The molecule has 5 heteroatoms. The predicted molar refractivity (Wildman–Crippen MR) is 61.4 cm³/mol. The molecule has 1 aromatic rings. The van der Waals surface area contributed by atoms with Crippen LogP contribution in [0.2, 0.25) is 0 Å². The maximum Gasteiger partial charge on any atom is 0.341 e. The van der Waals surface area contributed by atoms with Crippen molar-refractivity contribution >= 4 is 21.9 Å². The Kier molecular flexibility index (Phi) is 4.32. The Balaban J connectivity index is 3.31. The van der Waals surface area contributed by atoms with Gasteiger partial charge in [0, 0.05) is 0 Å². The van der Waals surface area contributed by atoms with Crippen LogP contribution in [0.1, 0.15) is 15.9 Å². The standard InChI is InChI=1S/C11H10BrNO3/c1-15-10-8(11(14)16-2)5-7(3-4-13)6-9(10)12/h5-6H,3H2,1-2H3. The molecule has 84 valence electrons. The molecule has 0 atom stereocenters. The molecule has 0 bridgehead atoms. The summed E-state index contributed by atoms with van der Waals surface area (Å²) in [6, 6.07) is 5.36. The highest BCUT2D eigenvalue weighted by Crippen LogP contribution is 2.31. The zero-order valence-corrected chi connectivity index (χ0v) is 10.5. The second-order valence-corrected chi connectivity index (χ2v) is 3.84. The van der Waals surface area contributed by atoms with E-state index in [0.717, 1.165) is 5.56 Å². The molecule has 0 fully saturated rings. The zero-order chi connectivity index (χ0) is 12.1. The summed E-state index contributed by atoms with van der Waals surface area (Å²) < 4.78 is 10.4. The van der Waals surface area contributed by atoms with E-state index in [1.807, 2.05) is 6.07 Å². The average Bonchev–Trinajstić information content (AvgIpc) is 2.27. The lowest BCUT2D eigenvalue weighted by molar-refractivity contribution is 0.0597. The molecule has 0 radical (unpaired) electrons. The topological polar surface area (TPSA) is 59.3 Å². The molecule has 0 aliphatic carbocycles. The third-order valence-electron chi connectivity index (χ3n) is 2.00. The number of nitrogens with zero attached hydrogens (tertiary/aromatic N) is 1. The Morgan fingerprint density at radius 3 is 2.69 bits per heavy atom. The molecule has 1 aromatic carbocycles. The van der Waals surface area contributed by atoms with Crippen molar-refractivity contribution in [3.63, 3.8) is 0 Å². The van der Waals surface area contributed by atoms with Crippen molar-refractivity contribution in [2.45, 2.75) is 6.42 Å². The molecule has 0 amide bonds. The van der Waals surface area contributed by atoms with E-state index in [4.69, 9.17) is 10.00 Å². The first-order chi connectivity index (χ1) is 7.63. The summed E-state index contributed by atoms with van der Waals surface area (Å²) >= 11 is 3.28. The van der Waals surface area contributed by atoms with Crippen LogP contribution in [0.25, 0.3) is 0 Å². The molecule has 0 aliphatic heterocycles. The molecule has 0 saturated heterocycles. The van der Waals surface area contributed by atoms with Gasteiger partial charge < -0.3 is 9.47 Å². The number of carbonyl (C=O) groups is 1. The van der Waals surface area contributed by atoms with Crippen molar-refractivity contribution < 1.29 is 14.3 Å². The molecule has 1 rings (SSSR count). The third kappa shape index (κ3) is 2.52. The largest absolute Gasteiger partial charge is 0.495 e. The van der Waals surface area contributed by atoms with Gasteiger partial charge in [-0.05, 0) is 33.6 Å². The van der Waals surface area contributed by atoms with Gasteiger partial charge in [0.05, 0.1) is 31.2 Å². The number of nitriles is 1. The number of rotatable bonds is 3. The first-order valence-corrected chi connectivity index (χ1v) is 5.25. The Labute approximate surface area is 102 Å². The molecular formula is C11H10BrNO3. The first kappa shape index (κ1) is 12.5. The van der Waals surface area contributed by atoms with Crippen LogP contribution in [0, 0.1) is 11.3 Å². The Morgan fingerprint density at radius 2 is 2.19 bits per heavy atom. The second-order valence-electron chi connectivity index (χ2n) is 2.98. The fourth-order valence-electron chi connectivity index (χ4n) is 1.31. The predicted octanol–water partition coefficient (Wildman–Crippen LogP) is 2.31. The fraction of sp³-hybridized carbons (Fsp3) is 0.273. The van der Waals surface area contributed by atoms with Gasteiger partial charge in [-0.3, -0.25) is 0 Å². The normalized spacial score (nSPS) is 9.38. The number of carbonyl (C=O) groups excluding carboxylic acids is 1. The summed E-state index contributed by atoms with van der Waals surface area (Å²) in [7, 11) is 2.77. The van der Waals surface area contributed by atoms with E-state index in [1.54, 1.807) is 12.1 Å². The summed E-state index contributed by atoms with van der Waals surface area (Å²) in [5, 5.41) is 8.61. The van der Waals surface area contributed by atoms with E-state index in [0.29, 0.717) is 15.8 Å². The second kappa shape index (κ2) is 5.52. The van der Waals surface area contributed by atoms with Crippen molar-refractivity contribution in [1.82, 2.24) is 0 Å². The smallest absolute Gasteiger partial charge is 0.341 e. The fourth-order valence-corrected chi connectivity index (χ4v) is 1.98. The average molecular weight is 284 g/mol. The van der Waals surface area contributed by atoms with Crippen LogP contribution in [0.3, 0.4) is 0 Å². The summed E-state index contributed by atoms with van der Waals surface area (Å²) in [6.07, 6.45) is 0.229. The van der Waals surface area contributed by atoms with Crippen LogP contribution in [-0.2, 0) is 11.2 Å². The Morgan fingerprint density at radius 1 is 1.50 bits per heavy atom. The molecule has 16 heavy (non-hydrogen) atoms. The van der Waals surface area contributed by atoms with Gasteiger partial charge in [-0.1, -0.05) is 0 Å². The Bertz CT molecular complexity index is 451. The van der Waals surface area contributed by atoms with Gasteiger partial charge in [-0.25, -0.2) is 4.79 Å². The van der Waals surface area contributed by atoms with Gasteiger partial charge in [0.25, 0.3) is 0 Å².